The molecule has 2 aromatic carbocycles. The second-order valence-corrected chi connectivity index (χ2v) is 5.32. The van der Waals surface area contributed by atoms with Gasteiger partial charge in [0.2, 0.25) is 0 Å². The molecule has 0 saturated carbocycles. The monoisotopic (exact) mass is 308 g/mol. The molecule has 21 heavy (non-hydrogen) atoms. The number of nitrogens with two attached hydrogens (primary N) is 1. The van der Waals surface area contributed by atoms with Gasteiger partial charge in [-0.2, -0.15) is 0 Å². The lowest BCUT2D eigenvalue weighted by molar-refractivity contribution is 0.399. The van der Waals surface area contributed by atoms with Gasteiger partial charge in [0, 0.05) is 10.6 Å². The number of hydrazine groups is 1. The Kier molecular flexibility index (Phi) is 5.17. The van der Waals surface area contributed by atoms with Crippen molar-refractivity contribution in [3.05, 3.63) is 63.9 Å². The molecule has 0 radical (unpaired) electrons. The smallest absolute Gasteiger partial charge is 0.125 e. The number of aryl methyl sites for hydroxylation is 1. The van der Waals surface area contributed by atoms with Crippen molar-refractivity contribution in [2.75, 3.05) is 7.11 Å². The van der Waals surface area contributed by atoms with Crippen molar-refractivity contribution in [2.45, 2.75) is 19.4 Å². The van der Waals surface area contributed by atoms with Gasteiger partial charge < -0.3 is 4.74 Å². The number of rotatable bonds is 5. The third-order valence-electron chi connectivity index (χ3n) is 3.50. The van der Waals surface area contributed by atoms with Gasteiger partial charge in [-0.15, -0.1) is 0 Å². The zero-order valence-electron chi connectivity index (χ0n) is 12.0. The molecular formula is C16H18ClFN2O. The van der Waals surface area contributed by atoms with E-state index >= 15 is 0 Å². The van der Waals surface area contributed by atoms with E-state index in [2.05, 4.69) is 5.43 Å². The quantitative estimate of drug-likeness (QED) is 0.656. The van der Waals surface area contributed by atoms with Crippen molar-refractivity contribution < 1.29 is 9.13 Å². The number of hydrogen-bond donors (Lipinski definition) is 2. The number of methoxy groups -OCH3 is 1. The Morgan fingerprint density at radius 1 is 1.29 bits per heavy atom. The predicted octanol–water partition coefficient (Wildman–Crippen LogP) is 3.54. The summed E-state index contributed by atoms with van der Waals surface area (Å²) in [7, 11) is 1.59. The molecule has 0 aliphatic carbocycles. The van der Waals surface area contributed by atoms with Crippen LogP contribution in [0.3, 0.4) is 0 Å². The standard InChI is InChI=1S/C16H18ClFN2O/c1-10-7-13(18)5-3-11(10)8-15(20-19)14-6-4-12(17)9-16(14)21-2/h3-7,9,15,20H,8,19H2,1-2H3. The van der Waals surface area contributed by atoms with Crippen molar-refractivity contribution in [2.24, 2.45) is 5.84 Å². The Morgan fingerprint density at radius 2 is 2.05 bits per heavy atom. The number of ether oxygens (including phenoxy) is 1. The highest BCUT2D eigenvalue weighted by Gasteiger charge is 2.17. The van der Waals surface area contributed by atoms with Crippen molar-refractivity contribution >= 4 is 11.6 Å². The van der Waals surface area contributed by atoms with Crippen LogP contribution >= 0.6 is 11.6 Å². The van der Waals surface area contributed by atoms with E-state index in [9.17, 15) is 4.39 Å². The van der Waals surface area contributed by atoms with Crippen LogP contribution in [0.2, 0.25) is 5.02 Å². The summed E-state index contributed by atoms with van der Waals surface area (Å²) in [6, 6.07) is 10.0. The van der Waals surface area contributed by atoms with Crippen molar-refractivity contribution in [3.63, 3.8) is 0 Å². The lowest BCUT2D eigenvalue weighted by Gasteiger charge is -2.20. The maximum absolute atomic E-state index is 13.2. The van der Waals surface area contributed by atoms with E-state index in [0.717, 1.165) is 16.7 Å². The van der Waals surface area contributed by atoms with E-state index in [1.54, 1.807) is 25.3 Å². The fraction of sp³-hybridized carbons (Fsp3) is 0.250. The Balaban J connectivity index is 2.32. The van der Waals surface area contributed by atoms with Crippen LogP contribution in [0.1, 0.15) is 22.7 Å². The van der Waals surface area contributed by atoms with Gasteiger partial charge in [0.25, 0.3) is 0 Å². The highest BCUT2D eigenvalue weighted by atomic mass is 35.5. The minimum atomic E-state index is -0.238. The minimum Gasteiger partial charge on any atom is -0.496 e. The summed E-state index contributed by atoms with van der Waals surface area (Å²) in [4.78, 5) is 0. The zero-order valence-corrected chi connectivity index (χ0v) is 12.7. The van der Waals surface area contributed by atoms with Crippen molar-refractivity contribution in [1.82, 2.24) is 5.43 Å². The van der Waals surface area contributed by atoms with Gasteiger partial charge in [0.05, 0.1) is 13.2 Å². The first-order valence-electron chi connectivity index (χ1n) is 6.59. The van der Waals surface area contributed by atoms with E-state index in [1.165, 1.54) is 12.1 Å². The van der Waals surface area contributed by atoms with Gasteiger partial charge in [0.15, 0.2) is 0 Å². The molecule has 2 aromatic rings. The van der Waals surface area contributed by atoms with Gasteiger partial charge in [-0.3, -0.25) is 11.3 Å². The first-order valence-corrected chi connectivity index (χ1v) is 6.97. The molecule has 3 N–H and O–H groups in total. The van der Waals surface area contributed by atoms with Gasteiger partial charge in [0.1, 0.15) is 11.6 Å². The maximum Gasteiger partial charge on any atom is 0.125 e. The molecule has 112 valence electrons. The Bertz CT molecular complexity index is 634. The van der Waals surface area contributed by atoms with Gasteiger partial charge in [-0.05, 0) is 48.7 Å². The van der Waals surface area contributed by atoms with E-state index in [4.69, 9.17) is 22.2 Å². The van der Waals surface area contributed by atoms with Gasteiger partial charge >= 0.3 is 0 Å². The first-order chi connectivity index (χ1) is 10.0. The van der Waals surface area contributed by atoms with Crippen LogP contribution in [0.25, 0.3) is 0 Å². The second kappa shape index (κ2) is 6.89. The van der Waals surface area contributed by atoms with Crippen molar-refractivity contribution in [1.29, 1.82) is 0 Å². The topological polar surface area (TPSA) is 47.3 Å². The third kappa shape index (κ3) is 3.73. The largest absolute Gasteiger partial charge is 0.496 e. The van der Waals surface area contributed by atoms with Crippen molar-refractivity contribution in [3.8, 4) is 5.75 Å². The Morgan fingerprint density at radius 3 is 2.67 bits per heavy atom. The van der Waals surface area contributed by atoms with Crippen LogP contribution in [-0.2, 0) is 6.42 Å². The molecule has 0 fully saturated rings. The molecule has 0 amide bonds. The zero-order chi connectivity index (χ0) is 15.4. The molecule has 1 atom stereocenters. The summed E-state index contributed by atoms with van der Waals surface area (Å²) in [5, 5.41) is 0.601. The number of benzene rings is 2. The van der Waals surface area contributed by atoms with E-state index in [0.29, 0.717) is 17.2 Å². The molecular weight excluding hydrogens is 291 g/mol. The van der Waals surface area contributed by atoms with Gasteiger partial charge in [-0.25, -0.2) is 4.39 Å². The highest BCUT2D eigenvalue weighted by molar-refractivity contribution is 6.30. The van der Waals surface area contributed by atoms with E-state index in [1.807, 2.05) is 13.0 Å². The fourth-order valence-corrected chi connectivity index (χ4v) is 2.50. The SMILES string of the molecule is COc1cc(Cl)ccc1C(Cc1ccc(F)cc1C)NN. The third-order valence-corrected chi connectivity index (χ3v) is 3.74. The van der Waals surface area contributed by atoms with Crippen LogP contribution in [0.4, 0.5) is 4.39 Å². The normalized spacial score (nSPS) is 12.2. The minimum absolute atomic E-state index is 0.152. The molecule has 0 aromatic heterocycles. The van der Waals surface area contributed by atoms with Crippen LogP contribution < -0.4 is 16.0 Å². The highest BCUT2D eigenvalue weighted by Crippen LogP contribution is 2.30. The molecule has 1 unspecified atom stereocenters. The Labute approximate surface area is 128 Å². The molecule has 0 aliphatic rings. The molecule has 0 saturated heterocycles. The van der Waals surface area contributed by atoms with E-state index in [-0.39, 0.29) is 11.9 Å². The number of hydrogen-bond acceptors (Lipinski definition) is 3. The van der Waals surface area contributed by atoms with Crippen LogP contribution in [0.5, 0.6) is 5.75 Å². The summed E-state index contributed by atoms with van der Waals surface area (Å²) in [6.07, 6.45) is 0.626. The lowest BCUT2D eigenvalue weighted by atomic mass is 9.96. The molecule has 5 heteroatoms. The summed E-state index contributed by atoms with van der Waals surface area (Å²) in [5.41, 5.74) is 5.61. The molecule has 0 bridgehead atoms. The molecule has 0 heterocycles. The molecule has 3 nitrogen and oxygen atoms in total. The predicted molar refractivity (Wildman–Crippen MR) is 82.9 cm³/mol. The summed E-state index contributed by atoms with van der Waals surface area (Å²) >= 11 is 5.97. The molecule has 2 rings (SSSR count). The first kappa shape index (κ1) is 15.8. The Hall–Kier alpha value is -1.62. The molecule has 0 aliphatic heterocycles. The summed E-state index contributed by atoms with van der Waals surface area (Å²) < 4.78 is 18.5. The number of halogens is 2. The lowest BCUT2D eigenvalue weighted by Crippen LogP contribution is -2.30. The van der Waals surface area contributed by atoms with E-state index < -0.39 is 0 Å². The van der Waals surface area contributed by atoms with Crippen LogP contribution in [0.15, 0.2) is 36.4 Å². The fourth-order valence-electron chi connectivity index (χ4n) is 2.34. The average molecular weight is 309 g/mol. The van der Waals surface area contributed by atoms with Gasteiger partial charge in [-0.1, -0.05) is 23.7 Å². The summed E-state index contributed by atoms with van der Waals surface area (Å²) in [5.74, 6) is 6.11. The summed E-state index contributed by atoms with van der Waals surface area (Å²) in [6.45, 7) is 1.88. The second-order valence-electron chi connectivity index (χ2n) is 4.88. The number of nitrogens with one attached hydrogen (secondary N) is 1. The average Bonchev–Trinajstić information content (AvgIpc) is 2.47. The maximum atomic E-state index is 13.2. The van der Waals surface area contributed by atoms with Crippen LogP contribution in [-0.4, -0.2) is 7.11 Å². The molecule has 0 spiro atoms. The van der Waals surface area contributed by atoms with Crippen LogP contribution in [0, 0.1) is 12.7 Å².